The number of aromatic carboxylic acids is 1. The van der Waals surface area contributed by atoms with Gasteiger partial charge in [0.25, 0.3) is 0 Å². The van der Waals surface area contributed by atoms with Crippen LogP contribution in [0.4, 0.5) is 0 Å². The van der Waals surface area contributed by atoms with Gasteiger partial charge in [-0.15, -0.1) is 5.10 Å². The van der Waals surface area contributed by atoms with Gasteiger partial charge < -0.3 is 9.84 Å². The molecule has 0 atom stereocenters. The smallest absolute Gasteiger partial charge is 0.335 e. The lowest BCUT2D eigenvalue weighted by atomic mass is 10.0. The summed E-state index contributed by atoms with van der Waals surface area (Å²) in [4.78, 5) is 11.1. The van der Waals surface area contributed by atoms with Crippen LogP contribution in [0.15, 0.2) is 18.2 Å². The van der Waals surface area contributed by atoms with Gasteiger partial charge in [0.15, 0.2) is 0 Å². The summed E-state index contributed by atoms with van der Waals surface area (Å²) in [7, 11) is 0. The van der Waals surface area contributed by atoms with Crippen molar-refractivity contribution in [2.75, 3.05) is 0 Å². The van der Waals surface area contributed by atoms with Crippen molar-refractivity contribution in [2.45, 2.75) is 33.8 Å². The Labute approximate surface area is 117 Å². The van der Waals surface area contributed by atoms with Crippen LogP contribution in [0.3, 0.4) is 0 Å². The number of hydrogen-bond donors (Lipinski definition) is 2. The number of rotatable bonds is 4. The molecule has 20 heavy (non-hydrogen) atoms. The monoisotopic (exact) mass is 274 g/mol. The van der Waals surface area contributed by atoms with E-state index in [4.69, 9.17) is 9.84 Å². The number of carbonyl (C=O) groups is 1. The lowest BCUT2D eigenvalue weighted by molar-refractivity contribution is 0.0697. The van der Waals surface area contributed by atoms with Gasteiger partial charge in [0.05, 0.1) is 17.4 Å². The van der Waals surface area contributed by atoms with Gasteiger partial charge in [0.1, 0.15) is 0 Å². The maximum atomic E-state index is 11.1. The summed E-state index contributed by atoms with van der Waals surface area (Å²) >= 11 is 0. The summed E-state index contributed by atoms with van der Waals surface area (Å²) in [5.41, 5.74) is 3.74. The highest BCUT2D eigenvalue weighted by Crippen LogP contribution is 2.30. The number of nitrogens with zero attached hydrogens (tertiary/aromatic N) is 1. The van der Waals surface area contributed by atoms with Crippen molar-refractivity contribution >= 4 is 5.97 Å². The molecular formula is C15H18N2O3. The molecule has 5 nitrogen and oxygen atoms in total. The number of ether oxygens (including phenoxy) is 1. The van der Waals surface area contributed by atoms with Crippen LogP contribution in [0.25, 0.3) is 11.3 Å². The second-order valence-corrected chi connectivity index (χ2v) is 5.03. The Balaban J connectivity index is 2.49. The topological polar surface area (TPSA) is 75.2 Å². The summed E-state index contributed by atoms with van der Waals surface area (Å²) < 4.78 is 5.61. The molecule has 0 amide bonds. The fourth-order valence-electron chi connectivity index (χ4n) is 2.01. The Morgan fingerprint density at radius 1 is 1.35 bits per heavy atom. The molecule has 1 aromatic carbocycles. The third-order valence-corrected chi connectivity index (χ3v) is 3.07. The molecule has 5 heteroatoms. The number of benzene rings is 1. The predicted octanol–water partition coefficient (Wildman–Crippen LogP) is 3.18. The SMILES string of the molecule is Cc1ccc(C(=O)O)cc1-c1[nH]nc(OC(C)C)c1C. The van der Waals surface area contributed by atoms with Crippen molar-refractivity contribution in [1.82, 2.24) is 10.2 Å². The molecule has 0 aliphatic heterocycles. The zero-order valence-electron chi connectivity index (χ0n) is 12.0. The first-order valence-electron chi connectivity index (χ1n) is 6.46. The van der Waals surface area contributed by atoms with E-state index in [1.807, 2.05) is 27.7 Å². The van der Waals surface area contributed by atoms with Crippen molar-refractivity contribution in [2.24, 2.45) is 0 Å². The number of aromatic amines is 1. The van der Waals surface area contributed by atoms with Crippen LogP contribution >= 0.6 is 0 Å². The van der Waals surface area contributed by atoms with Crippen molar-refractivity contribution in [3.8, 4) is 17.1 Å². The first-order chi connectivity index (χ1) is 9.40. The van der Waals surface area contributed by atoms with Gasteiger partial charge in [-0.3, -0.25) is 5.10 Å². The molecule has 106 valence electrons. The minimum absolute atomic E-state index is 0.0382. The molecule has 0 bridgehead atoms. The second-order valence-electron chi connectivity index (χ2n) is 5.03. The van der Waals surface area contributed by atoms with E-state index in [-0.39, 0.29) is 11.7 Å². The van der Waals surface area contributed by atoms with Crippen LogP contribution in [0.5, 0.6) is 5.88 Å². The Bertz CT molecular complexity index is 645. The fraction of sp³-hybridized carbons (Fsp3) is 0.333. The first-order valence-corrected chi connectivity index (χ1v) is 6.46. The normalized spacial score (nSPS) is 10.8. The zero-order valence-corrected chi connectivity index (χ0v) is 12.0. The number of aromatic nitrogens is 2. The minimum Gasteiger partial charge on any atom is -0.478 e. The Morgan fingerprint density at radius 3 is 2.65 bits per heavy atom. The van der Waals surface area contributed by atoms with Crippen LogP contribution in [0, 0.1) is 13.8 Å². The second kappa shape index (κ2) is 5.36. The molecule has 1 heterocycles. The van der Waals surface area contributed by atoms with Gasteiger partial charge in [-0.25, -0.2) is 4.79 Å². The predicted molar refractivity (Wildman–Crippen MR) is 76.2 cm³/mol. The summed E-state index contributed by atoms with van der Waals surface area (Å²) in [5, 5.41) is 16.2. The minimum atomic E-state index is -0.943. The lowest BCUT2D eigenvalue weighted by Gasteiger charge is -2.08. The van der Waals surface area contributed by atoms with E-state index in [0.29, 0.717) is 5.88 Å². The average molecular weight is 274 g/mol. The average Bonchev–Trinajstić information content (AvgIpc) is 2.71. The summed E-state index contributed by atoms with van der Waals surface area (Å²) in [6, 6.07) is 5.04. The van der Waals surface area contributed by atoms with Crippen LogP contribution in [0.2, 0.25) is 0 Å². The number of carboxylic acids is 1. The lowest BCUT2D eigenvalue weighted by Crippen LogP contribution is -2.06. The molecule has 0 saturated carbocycles. The van der Waals surface area contributed by atoms with Gasteiger partial charge in [-0.05, 0) is 45.4 Å². The number of nitrogens with one attached hydrogen (secondary N) is 1. The van der Waals surface area contributed by atoms with Gasteiger partial charge in [-0.2, -0.15) is 0 Å². The molecule has 0 fully saturated rings. The van der Waals surface area contributed by atoms with Crippen LogP contribution in [-0.2, 0) is 0 Å². The molecule has 0 aliphatic carbocycles. The van der Waals surface area contributed by atoms with Crippen molar-refractivity contribution in [3.63, 3.8) is 0 Å². The van der Waals surface area contributed by atoms with Crippen molar-refractivity contribution in [3.05, 3.63) is 34.9 Å². The molecule has 0 saturated heterocycles. The highest BCUT2D eigenvalue weighted by Gasteiger charge is 2.16. The largest absolute Gasteiger partial charge is 0.478 e. The number of H-pyrrole nitrogens is 1. The Kier molecular flexibility index (Phi) is 3.79. The molecular weight excluding hydrogens is 256 g/mol. The third-order valence-electron chi connectivity index (χ3n) is 3.07. The van der Waals surface area contributed by atoms with Crippen LogP contribution in [0.1, 0.15) is 35.3 Å². The zero-order chi connectivity index (χ0) is 14.9. The fourth-order valence-corrected chi connectivity index (χ4v) is 2.01. The van der Waals surface area contributed by atoms with E-state index >= 15 is 0 Å². The maximum absolute atomic E-state index is 11.1. The van der Waals surface area contributed by atoms with Crippen molar-refractivity contribution in [1.29, 1.82) is 0 Å². The summed E-state index contributed by atoms with van der Waals surface area (Å²) in [6.07, 6.45) is 0.0382. The van der Waals surface area contributed by atoms with Gasteiger partial charge in [0.2, 0.25) is 5.88 Å². The van der Waals surface area contributed by atoms with Gasteiger partial charge >= 0.3 is 5.97 Å². The molecule has 2 N–H and O–H groups in total. The highest BCUT2D eigenvalue weighted by molar-refractivity contribution is 5.90. The molecule has 0 unspecified atom stereocenters. The molecule has 0 aliphatic rings. The summed E-state index contributed by atoms with van der Waals surface area (Å²) in [5.74, 6) is -0.391. The van der Waals surface area contributed by atoms with E-state index < -0.39 is 5.97 Å². The number of hydrogen-bond acceptors (Lipinski definition) is 3. The number of carboxylic acid groups (broad SMARTS) is 1. The molecule has 0 radical (unpaired) electrons. The molecule has 0 spiro atoms. The third kappa shape index (κ3) is 2.66. The van der Waals surface area contributed by atoms with Crippen LogP contribution in [-0.4, -0.2) is 27.4 Å². The van der Waals surface area contributed by atoms with E-state index in [9.17, 15) is 4.79 Å². The van der Waals surface area contributed by atoms with Crippen molar-refractivity contribution < 1.29 is 14.6 Å². The maximum Gasteiger partial charge on any atom is 0.335 e. The van der Waals surface area contributed by atoms with Gasteiger partial charge in [-0.1, -0.05) is 6.07 Å². The highest BCUT2D eigenvalue weighted by atomic mass is 16.5. The molecule has 2 aromatic rings. The van der Waals surface area contributed by atoms with E-state index in [2.05, 4.69) is 10.2 Å². The van der Waals surface area contributed by atoms with E-state index in [1.54, 1.807) is 18.2 Å². The Hall–Kier alpha value is -2.30. The van der Waals surface area contributed by atoms with E-state index in [1.165, 1.54) is 0 Å². The first kappa shape index (κ1) is 14.1. The summed E-state index contributed by atoms with van der Waals surface area (Å²) in [6.45, 7) is 7.71. The number of aryl methyl sites for hydroxylation is 1. The molecule has 2 rings (SSSR count). The quantitative estimate of drug-likeness (QED) is 0.897. The molecule has 1 aromatic heterocycles. The van der Waals surface area contributed by atoms with Gasteiger partial charge in [0, 0.05) is 11.1 Å². The standard InChI is InChI=1S/C15H18N2O3/c1-8(2)20-14-10(4)13(16-17-14)12-7-11(15(18)19)6-5-9(12)3/h5-8H,1-4H3,(H,16,17)(H,18,19). The Morgan fingerprint density at radius 2 is 2.05 bits per heavy atom. The van der Waals surface area contributed by atoms with E-state index in [0.717, 1.165) is 22.4 Å². The van der Waals surface area contributed by atoms with Crippen LogP contribution < -0.4 is 4.74 Å².